The molecule has 8 nitrogen and oxygen atoms in total. The van der Waals surface area contributed by atoms with Gasteiger partial charge in [-0.05, 0) is 54.8 Å². The van der Waals surface area contributed by atoms with Crippen LogP contribution < -0.4 is 5.32 Å². The second kappa shape index (κ2) is 8.13. The van der Waals surface area contributed by atoms with Crippen LogP contribution in [0.25, 0.3) is 55.7 Å². The molecule has 0 aliphatic heterocycles. The van der Waals surface area contributed by atoms with Crippen LogP contribution in [0.4, 0.5) is 5.69 Å². The van der Waals surface area contributed by atoms with Gasteiger partial charge in [0.1, 0.15) is 11.2 Å². The molecule has 0 atom stereocenters. The molecule has 0 spiro atoms. The van der Waals surface area contributed by atoms with E-state index in [-0.39, 0.29) is 11.8 Å². The first-order chi connectivity index (χ1) is 17.7. The summed E-state index contributed by atoms with van der Waals surface area (Å²) in [7, 11) is 0. The largest absolute Gasteiger partial charge is 0.353 e. The van der Waals surface area contributed by atoms with E-state index in [1.165, 1.54) is 0 Å². The smallest absolute Gasteiger partial charge is 0.227 e. The van der Waals surface area contributed by atoms with Gasteiger partial charge >= 0.3 is 0 Å². The number of H-pyrrole nitrogens is 2. The SMILES string of the molecule is O=C(Nc1cncc(-c2ccc3[nH]nc(-c4cc5c(-c6cccnc6)cccc5[nH]4)c3n2)c1)C1CC1. The van der Waals surface area contributed by atoms with E-state index in [1.807, 2.05) is 36.5 Å². The van der Waals surface area contributed by atoms with Crippen LogP contribution in [0.1, 0.15) is 12.8 Å². The lowest BCUT2D eigenvalue weighted by molar-refractivity contribution is -0.117. The maximum absolute atomic E-state index is 12.2. The van der Waals surface area contributed by atoms with E-state index >= 15 is 0 Å². The number of aromatic amines is 2. The van der Waals surface area contributed by atoms with Crippen molar-refractivity contribution < 1.29 is 4.79 Å². The number of pyridine rings is 3. The van der Waals surface area contributed by atoms with Crippen LogP contribution in [0, 0.1) is 5.92 Å². The highest BCUT2D eigenvalue weighted by atomic mass is 16.2. The molecule has 0 bridgehead atoms. The number of benzene rings is 1. The van der Waals surface area contributed by atoms with Gasteiger partial charge in [0.15, 0.2) is 0 Å². The average Bonchev–Trinajstić information content (AvgIpc) is 3.55. The topological polar surface area (TPSA) is 112 Å². The van der Waals surface area contributed by atoms with Crippen LogP contribution in [0.15, 0.2) is 79.4 Å². The molecule has 8 heteroatoms. The molecule has 7 rings (SSSR count). The van der Waals surface area contributed by atoms with E-state index in [9.17, 15) is 4.79 Å². The predicted molar refractivity (Wildman–Crippen MR) is 139 cm³/mol. The Hall–Kier alpha value is -4.85. The third-order valence-electron chi connectivity index (χ3n) is 6.55. The minimum absolute atomic E-state index is 0.0546. The summed E-state index contributed by atoms with van der Waals surface area (Å²) in [6, 6.07) is 18.1. The summed E-state index contributed by atoms with van der Waals surface area (Å²) >= 11 is 0. The normalized spacial score (nSPS) is 13.3. The first-order valence-electron chi connectivity index (χ1n) is 11.9. The Morgan fingerprint density at radius 2 is 1.83 bits per heavy atom. The molecule has 1 aromatic carbocycles. The van der Waals surface area contributed by atoms with Gasteiger partial charge in [-0.3, -0.25) is 19.9 Å². The monoisotopic (exact) mass is 471 g/mol. The van der Waals surface area contributed by atoms with Gasteiger partial charge < -0.3 is 10.3 Å². The van der Waals surface area contributed by atoms with Crippen molar-refractivity contribution in [2.75, 3.05) is 5.32 Å². The summed E-state index contributed by atoms with van der Waals surface area (Å²) in [6.07, 6.45) is 8.97. The predicted octanol–water partition coefficient (Wildman–Crippen LogP) is 5.58. The van der Waals surface area contributed by atoms with Crippen molar-refractivity contribution in [2.24, 2.45) is 5.92 Å². The van der Waals surface area contributed by atoms with E-state index in [1.54, 1.807) is 18.6 Å². The van der Waals surface area contributed by atoms with Gasteiger partial charge in [0.25, 0.3) is 0 Å². The molecule has 5 heterocycles. The van der Waals surface area contributed by atoms with Crippen LogP contribution in [-0.2, 0) is 4.79 Å². The Morgan fingerprint density at radius 1 is 0.917 bits per heavy atom. The molecule has 36 heavy (non-hydrogen) atoms. The highest BCUT2D eigenvalue weighted by Crippen LogP contribution is 2.34. The zero-order valence-electron chi connectivity index (χ0n) is 19.2. The molecule has 1 aliphatic rings. The van der Waals surface area contributed by atoms with Crippen LogP contribution in [-0.4, -0.2) is 36.0 Å². The Balaban J connectivity index is 1.28. The molecule has 0 unspecified atom stereocenters. The van der Waals surface area contributed by atoms with Crippen LogP contribution in [0.5, 0.6) is 0 Å². The molecule has 174 valence electrons. The molecule has 1 aliphatic carbocycles. The Morgan fingerprint density at radius 3 is 2.69 bits per heavy atom. The molecule has 1 saturated carbocycles. The zero-order chi connectivity index (χ0) is 24.1. The van der Waals surface area contributed by atoms with Crippen LogP contribution in [0.3, 0.4) is 0 Å². The fourth-order valence-electron chi connectivity index (χ4n) is 4.54. The number of rotatable bonds is 5. The van der Waals surface area contributed by atoms with Crippen molar-refractivity contribution >= 4 is 33.5 Å². The molecule has 0 saturated heterocycles. The van der Waals surface area contributed by atoms with E-state index in [0.29, 0.717) is 5.69 Å². The number of nitrogens with one attached hydrogen (secondary N) is 3. The fourth-order valence-corrected chi connectivity index (χ4v) is 4.54. The third kappa shape index (κ3) is 3.60. The quantitative estimate of drug-likeness (QED) is 0.304. The van der Waals surface area contributed by atoms with Crippen LogP contribution >= 0.6 is 0 Å². The summed E-state index contributed by atoms with van der Waals surface area (Å²) in [5.74, 6) is 0.186. The first-order valence-corrected chi connectivity index (χ1v) is 11.9. The molecule has 1 amide bonds. The average molecular weight is 472 g/mol. The number of carbonyl (C=O) groups excluding carboxylic acids is 1. The van der Waals surface area contributed by atoms with Gasteiger partial charge in [-0.2, -0.15) is 5.10 Å². The van der Waals surface area contributed by atoms with Gasteiger partial charge in [-0.25, -0.2) is 4.98 Å². The molecule has 6 aromatic rings. The lowest BCUT2D eigenvalue weighted by atomic mass is 10.0. The second-order valence-electron chi connectivity index (χ2n) is 9.08. The zero-order valence-corrected chi connectivity index (χ0v) is 19.2. The van der Waals surface area contributed by atoms with Crippen molar-refractivity contribution in [2.45, 2.75) is 12.8 Å². The summed E-state index contributed by atoms with van der Waals surface area (Å²) in [4.78, 5) is 29.2. The second-order valence-corrected chi connectivity index (χ2v) is 9.08. The minimum atomic E-state index is 0.0546. The van der Waals surface area contributed by atoms with Crippen molar-refractivity contribution in [3.8, 4) is 33.8 Å². The number of hydrogen-bond acceptors (Lipinski definition) is 5. The molecular weight excluding hydrogens is 450 g/mol. The number of fused-ring (bicyclic) bond motifs is 2. The molecule has 5 aromatic heterocycles. The number of carbonyl (C=O) groups is 1. The van der Waals surface area contributed by atoms with Crippen molar-refractivity contribution in [3.05, 3.63) is 79.4 Å². The lowest BCUT2D eigenvalue weighted by Crippen LogP contribution is -2.13. The number of hydrogen-bond donors (Lipinski definition) is 3. The Labute approximate surface area is 205 Å². The number of nitrogens with zero attached hydrogens (tertiary/aromatic N) is 4. The van der Waals surface area contributed by atoms with E-state index in [0.717, 1.165) is 68.6 Å². The van der Waals surface area contributed by atoms with Crippen LogP contribution in [0.2, 0.25) is 0 Å². The summed E-state index contributed by atoms with van der Waals surface area (Å²) in [5, 5.41) is 11.7. The van der Waals surface area contributed by atoms with Gasteiger partial charge in [0.2, 0.25) is 5.91 Å². The lowest BCUT2D eigenvalue weighted by Gasteiger charge is -2.06. The summed E-state index contributed by atoms with van der Waals surface area (Å²) in [6.45, 7) is 0. The maximum atomic E-state index is 12.2. The molecule has 3 N–H and O–H groups in total. The first kappa shape index (κ1) is 20.5. The third-order valence-corrected chi connectivity index (χ3v) is 6.55. The highest BCUT2D eigenvalue weighted by Gasteiger charge is 2.29. The standard InChI is InChI=1S/C28H21N7O/c36-28(16-6-7-16)31-19-11-18(14-30-15-19)22-8-9-24-26(33-22)27(35-34-24)25-12-21-20(4-1-5-23(21)32-25)17-3-2-10-29-13-17/h1-5,8-16,32H,6-7H2,(H,31,36)(H,34,35). The molecule has 0 radical (unpaired) electrons. The number of amides is 1. The minimum Gasteiger partial charge on any atom is -0.353 e. The highest BCUT2D eigenvalue weighted by molar-refractivity contribution is 6.00. The van der Waals surface area contributed by atoms with Gasteiger partial charge in [0.05, 0.1) is 28.8 Å². The number of anilines is 1. The molecule has 1 fully saturated rings. The fraction of sp³-hybridized carbons (Fsp3) is 0.107. The van der Waals surface area contributed by atoms with E-state index in [2.05, 4.69) is 54.7 Å². The summed E-state index contributed by atoms with van der Waals surface area (Å²) in [5.41, 5.74) is 8.65. The maximum Gasteiger partial charge on any atom is 0.227 e. The number of aromatic nitrogens is 6. The van der Waals surface area contributed by atoms with Gasteiger partial charge in [-0.15, -0.1) is 0 Å². The van der Waals surface area contributed by atoms with Crippen molar-refractivity contribution in [1.82, 2.24) is 30.1 Å². The van der Waals surface area contributed by atoms with Gasteiger partial charge in [0, 0.05) is 46.5 Å². The van der Waals surface area contributed by atoms with Crippen molar-refractivity contribution in [1.29, 1.82) is 0 Å². The van der Waals surface area contributed by atoms with Crippen molar-refractivity contribution in [3.63, 3.8) is 0 Å². The Bertz CT molecular complexity index is 1750. The van der Waals surface area contributed by atoms with Gasteiger partial charge in [-0.1, -0.05) is 18.2 Å². The van der Waals surface area contributed by atoms with E-state index in [4.69, 9.17) is 4.98 Å². The van der Waals surface area contributed by atoms with E-state index < -0.39 is 0 Å². The molecular formula is C28H21N7O. The Kier molecular flexibility index (Phi) is 4.63. The summed E-state index contributed by atoms with van der Waals surface area (Å²) < 4.78 is 0.